The smallest absolute Gasteiger partial charge is 0.197 e. The maximum absolute atomic E-state index is 11.1. The topological polar surface area (TPSA) is 41.8 Å². The number of carbonyl (C=O) groups is 1. The monoisotopic (exact) mass is 182 g/mol. The van der Waals surface area contributed by atoms with E-state index in [1.54, 1.807) is 12.3 Å². The van der Waals surface area contributed by atoms with Crippen LogP contribution in [0.2, 0.25) is 0 Å². The third-order valence-electron chi connectivity index (χ3n) is 2.27. The molecule has 2 aliphatic heterocycles. The number of aliphatic imine (C=N–C) groups is 1. The Hall–Kier alpha value is -2.03. The molecule has 3 rings (SSSR count). The van der Waals surface area contributed by atoms with Gasteiger partial charge in [-0.1, -0.05) is 0 Å². The second-order valence-corrected chi connectivity index (χ2v) is 3.22. The van der Waals surface area contributed by atoms with Crippen molar-refractivity contribution in [3.05, 3.63) is 34.5 Å². The molecule has 0 bridgehead atoms. The molecule has 1 aromatic rings. The summed E-state index contributed by atoms with van der Waals surface area (Å²) >= 11 is 0. The summed E-state index contributed by atoms with van der Waals surface area (Å²) in [6.07, 6.45) is 6.60. The van der Waals surface area contributed by atoms with Gasteiger partial charge in [0.25, 0.3) is 0 Å². The molecule has 0 N–H and O–H groups in total. The van der Waals surface area contributed by atoms with Crippen LogP contribution >= 0.6 is 0 Å². The van der Waals surface area contributed by atoms with Gasteiger partial charge in [0.05, 0.1) is 17.3 Å². The summed E-state index contributed by atoms with van der Waals surface area (Å²) in [7, 11) is 0. The van der Waals surface area contributed by atoms with Crippen LogP contribution in [0.5, 0.6) is 0 Å². The van der Waals surface area contributed by atoms with E-state index in [2.05, 4.69) is 9.98 Å². The van der Waals surface area contributed by atoms with E-state index in [1.807, 2.05) is 18.2 Å². The van der Waals surface area contributed by atoms with Crippen LogP contribution in [0.1, 0.15) is 5.56 Å². The number of carbonyl (C=O) groups excluding carboxylic acids is 1. The minimum Gasteiger partial charge on any atom is -0.288 e. The largest absolute Gasteiger partial charge is 0.288 e. The molecule has 2 aliphatic rings. The Morgan fingerprint density at radius 3 is 3.07 bits per heavy atom. The molecule has 66 valence electrons. The standard InChI is InChI=1S/C11H6N2O/c14-9-4-8-3-7-1-2-12-10(7)5-11(8)13-6-9/h1-6H. The van der Waals surface area contributed by atoms with E-state index in [0.717, 1.165) is 21.8 Å². The Bertz CT molecular complexity index is 609. The van der Waals surface area contributed by atoms with Crippen molar-refractivity contribution in [3.8, 4) is 0 Å². The highest BCUT2D eigenvalue weighted by Gasteiger charge is 2.06. The van der Waals surface area contributed by atoms with Gasteiger partial charge in [-0.15, -0.1) is 0 Å². The molecule has 0 radical (unpaired) electrons. The first-order valence-corrected chi connectivity index (χ1v) is 4.31. The molecule has 2 heterocycles. The summed E-state index contributed by atoms with van der Waals surface area (Å²) in [4.78, 5) is 19.3. The minimum absolute atomic E-state index is 0.0589. The number of hydrogen-bond acceptors (Lipinski definition) is 3. The van der Waals surface area contributed by atoms with Crippen LogP contribution in [-0.4, -0.2) is 12.0 Å². The maximum atomic E-state index is 11.1. The van der Waals surface area contributed by atoms with E-state index < -0.39 is 0 Å². The second-order valence-electron chi connectivity index (χ2n) is 3.22. The molecule has 0 aliphatic carbocycles. The number of ketones is 1. The molecule has 3 heteroatoms. The molecular weight excluding hydrogens is 176 g/mol. The first-order valence-electron chi connectivity index (χ1n) is 4.31. The molecule has 0 unspecified atom stereocenters. The number of rotatable bonds is 0. The minimum atomic E-state index is -0.0589. The fourth-order valence-corrected chi connectivity index (χ4v) is 1.61. The molecule has 0 aromatic heterocycles. The molecule has 1 aromatic carbocycles. The number of benzene rings is 1. The van der Waals surface area contributed by atoms with Crippen molar-refractivity contribution in [1.29, 1.82) is 0 Å². The summed E-state index contributed by atoms with van der Waals surface area (Å²) in [6.45, 7) is 0. The summed E-state index contributed by atoms with van der Waals surface area (Å²) in [6, 6.07) is 3.83. The number of hydrogen-bond donors (Lipinski definition) is 0. The van der Waals surface area contributed by atoms with Crippen LogP contribution < -0.4 is 10.6 Å². The Morgan fingerprint density at radius 2 is 2.14 bits per heavy atom. The van der Waals surface area contributed by atoms with Crippen molar-refractivity contribution in [2.75, 3.05) is 0 Å². The maximum Gasteiger partial charge on any atom is 0.197 e. The van der Waals surface area contributed by atoms with Crippen LogP contribution in [-0.2, 0) is 4.79 Å². The molecule has 0 saturated carbocycles. The van der Waals surface area contributed by atoms with E-state index in [-0.39, 0.29) is 5.78 Å². The van der Waals surface area contributed by atoms with Gasteiger partial charge in [0.15, 0.2) is 5.78 Å². The highest BCUT2D eigenvalue weighted by Crippen LogP contribution is 2.08. The quantitative estimate of drug-likeness (QED) is 0.571. The lowest BCUT2D eigenvalue weighted by Crippen LogP contribution is -2.16. The lowest BCUT2D eigenvalue weighted by atomic mass is 10.1. The SMILES string of the molecule is O=C1C=Nc2cc3c(cc2=C1)C=CN=3. The third kappa shape index (κ3) is 0.956. The van der Waals surface area contributed by atoms with Crippen LogP contribution in [0, 0.1) is 0 Å². The zero-order valence-electron chi connectivity index (χ0n) is 7.27. The molecule has 0 saturated heterocycles. The molecular formula is C11H6N2O. The molecule has 0 atom stereocenters. The third-order valence-corrected chi connectivity index (χ3v) is 2.27. The van der Waals surface area contributed by atoms with Gasteiger partial charge in [-0.25, -0.2) is 0 Å². The summed E-state index contributed by atoms with van der Waals surface area (Å²) < 4.78 is 0. The lowest BCUT2D eigenvalue weighted by Gasteiger charge is -2.00. The van der Waals surface area contributed by atoms with Crippen molar-refractivity contribution < 1.29 is 4.79 Å². The van der Waals surface area contributed by atoms with Gasteiger partial charge in [-0.3, -0.25) is 14.8 Å². The number of fused-ring (bicyclic) bond motifs is 2. The van der Waals surface area contributed by atoms with Crippen molar-refractivity contribution in [2.24, 2.45) is 9.98 Å². The van der Waals surface area contributed by atoms with Gasteiger partial charge in [-0.05, 0) is 24.3 Å². The first kappa shape index (κ1) is 7.38. The zero-order chi connectivity index (χ0) is 9.54. The predicted molar refractivity (Wildman–Crippen MR) is 53.9 cm³/mol. The van der Waals surface area contributed by atoms with Crippen molar-refractivity contribution in [1.82, 2.24) is 0 Å². The Kier molecular flexibility index (Phi) is 1.31. The van der Waals surface area contributed by atoms with E-state index in [1.165, 1.54) is 6.21 Å². The van der Waals surface area contributed by atoms with Crippen LogP contribution in [0.3, 0.4) is 0 Å². The first-order chi connectivity index (χ1) is 6.83. The van der Waals surface area contributed by atoms with Gasteiger partial charge in [0.2, 0.25) is 0 Å². The molecule has 0 spiro atoms. The van der Waals surface area contributed by atoms with Gasteiger partial charge in [-0.2, -0.15) is 0 Å². The predicted octanol–water partition coefficient (Wildman–Crippen LogP) is 0.356. The molecule has 0 amide bonds. The fourth-order valence-electron chi connectivity index (χ4n) is 1.61. The molecule has 0 fully saturated rings. The van der Waals surface area contributed by atoms with Gasteiger partial charge < -0.3 is 0 Å². The Labute approximate surface area is 79.8 Å². The van der Waals surface area contributed by atoms with Crippen molar-refractivity contribution >= 4 is 29.8 Å². The summed E-state index contributed by atoms with van der Waals surface area (Å²) in [5, 5.41) is 1.79. The molecule has 3 nitrogen and oxygen atoms in total. The van der Waals surface area contributed by atoms with E-state index in [9.17, 15) is 4.79 Å². The van der Waals surface area contributed by atoms with E-state index in [0.29, 0.717) is 0 Å². The molecule has 14 heavy (non-hydrogen) atoms. The lowest BCUT2D eigenvalue weighted by molar-refractivity contribution is -0.107. The van der Waals surface area contributed by atoms with Gasteiger partial charge in [0, 0.05) is 17.0 Å². The van der Waals surface area contributed by atoms with Crippen molar-refractivity contribution in [3.63, 3.8) is 0 Å². The highest BCUT2D eigenvalue weighted by atomic mass is 16.1. The highest BCUT2D eigenvalue weighted by molar-refractivity contribution is 6.42. The van der Waals surface area contributed by atoms with E-state index in [4.69, 9.17) is 0 Å². The van der Waals surface area contributed by atoms with Gasteiger partial charge in [0.1, 0.15) is 0 Å². The summed E-state index contributed by atoms with van der Waals surface area (Å²) in [5.41, 5.74) is 1.86. The second kappa shape index (κ2) is 2.48. The normalized spacial score (nSPS) is 15.9. The summed E-state index contributed by atoms with van der Waals surface area (Å²) in [5.74, 6) is -0.0589. The van der Waals surface area contributed by atoms with E-state index >= 15 is 0 Å². The zero-order valence-corrected chi connectivity index (χ0v) is 7.27. The van der Waals surface area contributed by atoms with Gasteiger partial charge >= 0.3 is 0 Å². The van der Waals surface area contributed by atoms with Crippen LogP contribution in [0.4, 0.5) is 5.69 Å². The Balaban J connectivity index is 2.42. The average Bonchev–Trinajstić information content (AvgIpc) is 2.61. The Morgan fingerprint density at radius 1 is 1.21 bits per heavy atom. The number of Topliss-reactive ketones (excluding diaryl/α,β-unsaturated/α-hetero) is 1. The van der Waals surface area contributed by atoms with Crippen LogP contribution in [0.15, 0.2) is 28.3 Å². The fraction of sp³-hybridized carbons (Fsp3) is 0. The van der Waals surface area contributed by atoms with Crippen LogP contribution in [0.25, 0.3) is 12.2 Å². The van der Waals surface area contributed by atoms with Crippen molar-refractivity contribution in [2.45, 2.75) is 0 Å². The average molecular weight is 182 g/mol. The number of nitrogens with zero attached hydrogens (tertiary/aromatic N) is 2.